The van der Waals surface area contributed by atoms with Crippen molar-refractivity contribution in [2.45, 2.75) is 12.8 Å². The van der Waals surface area contributed by atoms with E-state index in [1.54, 1.807) is 14.2 Å². The Morgan fingerprint density at radius 2 is 1.82 bits per heavy atom. The molecule has 0 aliphatic carbocycles. The minimum Gasteiger partial charge on any atom is -0.457 e. The highest BCUT2D eigenvalue weighted by Gasteiger charge is 2.26. The molecule has 0 saturated heterocycles. The van der Waals surface area contributed by atoms with Crippen LogP contribution in [0.2, 0.25) is 0 Å². The summed E-state index contributed by atoms with van der Waals surface area (Å²) < 4.78 is 15.2. The summed E-state index contributed by atoms with van der Waals surface area (Å²) in [5.41, 5.74) is 5.30. The molecule has 0 unspecified atom stereocenters. The minimum absolute atomic E-state index is 0.690. The topological polar surface area (TPSA) is 53.7 Å². The van der Waals surface area contributed by atoms with Gasteiger partial charge in [0.05, 0.1) is 0 Å². The Morgan fingerprint density at radius 3 is 2.27 bits per heavy atom. The fourth-order valence-corrected chi connectivity index (χ4v) is 1.48. The van der Waals surface area contributed by atoms with Crippen molar-refractivity contribution in [3.63, 3.8) is 0 Å². The molecule has 0 saturated carbocycles. The predicted octanol–water partition coefficient (Wildman–Crippen LogP) is 0.0196. The summed E-state index contributed by atoms with van der Waals surface area (Å²) in [4.78, 5) is 0. The van der Waals surface area contributed by atoms with E-state index in [-0.39, 0.29) is 0 Å². The normalized spacial score (nSPS) is 10.1. The highest BCUT2D eigenvalue weighted by atomic mass is 27.3. The molecule has 0 aliphatic rings. The Labute approximate surface area is 73.0 Å². The van der Waals surface area contributed by atoms with Crippen molar-refractivity contribution < 1.29 is 11.4 Å². The van der Waals surface area contributed by atoms with Crippen molar-refractivity contribution in [1.29, 1.82) is 0 Å². The second kappa shape index (κ2) is 8.47. The molecule has 11 heavy (non-hydrogen) atoms. The van der Waals surface area contributed by atoms with Gasteiger partial charge in [0.1, 0.15) is 0 Å². The summed E-state index contributed by atoms with van der Waals surface area (Å²) >= 11 is -1.78. The molecule has 4 nitrogen and oxygen atoms in total. The standard InChI is InChI=1S/C4H10NO.2CH3O.Al/c5-3-1-2-4-6;2*1-2;/h1-5H2;2*1H3;/q3*-1;+3. The van der Waals surface area contributed by atoms with Crippen LogP contribution in [-0.4, -0.2) is 42.5 Å². The van der Waals surface area contributed by atoms with Gasteiger partial charge in [0.2, 0.25) is 0 Å². The van der Waals surface area contributed by atoms with Crippen LogP contribution < -0.4 is 5.73 Å². The number of hydrogen-bond donors (Lipinski definition) is 1. The van der Waals surface area contributed by atoms with Crippen molar-refractivity contribution in [2.24, 2.45) is 5.73 Å². The van der Waals surface area contributed by atoms with Gasteiger partial charge < -0.3 is 17.1 Å². The summed E-state index contributed by atoms with van der Waals surface area (Å²) in [5, 5.41) is 0. The van der Waals surface area contributed by atoms with Crippen molar-refractivity contribution in [3.8, 4) is 0 Å². The summed E-state index contributed by atoms with van der Waals surface area (Å²) in [6, 6.07) is 0. The van der Waals surface area contributed by atoms with E-state index in [0.29, 0.717) is 6.61 Å². The van der Waals surface area contributed by atoms with Crippen LogP contribution in [0, 0.1) is 0 Å². The molecule has 0 fully saturated rings. The number of hydrogen-bond acceptors (Lipinski definition) is 4. The van der Waals surface area contributed by atoms with Gasteiger partial charge in [0, 0.05) is 20.8 Å². The maximum absolute atomic E-state index is 5.30. The van der Waals surface area contributed by atoms with Crippen molar-refractivity contribution in [3.05, 3.63) is 0 Å². The molecule has 5 heteroatoms. The first kappa shape index (κ1) is 11.4. The average Bonchev–Trinajstić information content (AvgIpc) is 2.05. The van der Waals surface area contributed by atoms with Crippen LogP contribution in [0.3, 0.4) is 0 Å². The molecule has 2 N–H and O–H groups in total. The van der Waals surface area contributed by atoms with E-state index in [0.717, 1.165) is 19.4 Å². The number of rotatable bonds is 7. The van der Waals surface area contributed by atoms with Crippen molar-refractivity contribution in [2.75, 3.05) is 27.4 Å². The van der Waals surface area contributed by atoms with Crippen LogP contribution in [0.25, 0.3) is 0 Å². The highest BCUT2D eigenvalue weighted by Crippen LogP contribution is 1.92. The number of nitrogens with two attached hydrogens (primary N) is 1. The van der Waals surface area contributed by atoms with Crippen molar-refractivity contribution >= 4 is 15.1 Å². The summed E-state index contributed by atoms with van der Waals surface area (Å²) in [5.74, 6) is 0. The maximum Gasteiger partial charge on any atom is 0.905 e. The third-order valence-corrected chi connectivity index (χ3v) is 2.51. The zero-order valence-corrected chi connectivity index (χ0v) is 8.36. The zero-order valence-electron chi connectivity index (χ0n) is 7.21. The lowest BCUT2D eigenvalue weighted by Crippen LogP contribution is -2.24. The molecule has 0 atom stereocenters. The van der Waals surface area contributed by atoms with Gasteiger partial charge in [-0.3, -0.25) is 0 Å². The van der Waals surface area contributed by atoms with Crippen LogP contribution >= 0.6 is 0 Å². The molecule has 0 radical (unpaired) electrons. The molecule has 0 heterocycles. The molecule has 0 bridgehead atoms. The first-order chi connectivity index (χ1) is 5.35. The summed E-state index contributed by atoms with van der Waals surface area (Å²) in [7, 11) is 3.20. The molecule has 0 spiro atoms. The Morgan fingerprint density at radius 1 is 1.18 bits per heavy atom. The summed E-state index contributed by atoms with van der Waals surface area (Å²) in [6.07, 6.45) is 1.97. The first-order valence-corrected chi connectivity index (χ1v) is 5.13. The van der Waals surface area contributed by atoms with E-state index < -0.39 is 15.1 Å². The van der Waals surface area contributed by atoms with Gasteiger partial charge in [-0.05, 0) is 19.4 Å². The van der Waals surface area contributed by atoms with Gasteiger partial charge in [0.25, 0.3) is 0 Å². The van der Waals surface area contributed by atoms with Gasteiger partial charge in [0.15, 0.2) is 0 Å². The Balaban J connectivity index is 3.07. The van der Waals surface area contributed by atoms with E-state index in [1.807, 2.05) is 0 Å². The Kier molecular flexibility index (Phi) is 8.76. The molecule has 0 aromatic rings. The molecule has 0 amide bonds. The van der Waals surface area contributed by atoms with Gasteiger partial charge >= 0.3 is 15.1 Å². The molecule has 0 aromatic heterocycles. The molecule has 0 rings (SSSR count). The Bertz CT molecular complexity index is 80.2. The number of unbranched alkanes of at least 4 members (excludes halogenated alkanes) is 1. The molecule has 66 valence electrons. The SMILES string of the molecule is C[O][Al]([O]C)[O]CCCCN. The van der Waals surface area contributed by atoms with E-state index >= 15 is 0 Å². The Hall–Kier alpha value is 0.372. The fourth-order valence-electron chi connectivity index (χ4n) is 0.658. The smallest absolute Gasteiger partial charge is 0.457 e. The second-order valence-electron chi connectivity index (χ2n) is 2.13. The lowest BCUT2D eigenvalue weighted by atomic mass is 10.3. The predicted molar refractivity (Wildman–Crippen MR) is 44.0 cm³/mol. The maximum atomic E-state index is 5.30. The second-order valence-corrected chi connectivity index (χ2v) is 3.98. The van der Waals surface area contributed by atoms with E-state index in [1.165, 1.54) is 0 Å². The monoisotopic (exact) mass is 177 g/mol. The van der Waals surface area contributed by atoms with Crippen LogP contribution in [0.15, 0.2) is 0 Å². The van der Waals surface area contributed by atoms with Crippen LogP contribution in [-0.2, 0) is 11.4 Å². The van der Waals surface area contributed by atoms with Gasteiger partial charge in [-0.25, -0.2) is 0 Å². The van der Waals surface area contributed by atoms with E-state index in [2.05, 4.69) is 0 Å². The lowest BCUT2D eigenvalue weighted by molar-refractivity contribution is 0.133. The quantitative estimate of drug-likeness (QED) is 0.440. The van der Waals surface area contributed by atoms with Crippen LogP contribution in [0.1, 0.15) is 12.8 Å². The van der Waals surface area contributed by atoms with Crippen molar-refractivity contribution in [1.82, 2.24) is 0 Å². The van der Waals surface area contributed by atoms with Gasteiger partial charge in [-0.1, -0.05) is 0 Å². The molecule has 0 aliphatic heterocycles. The van der Waals surface area contributed by atoms with Gasteiger partial charge in [-0.2, -0.15) is 0 Å². The average molecular weight is 177 g/mol. The largest absolute Gasteiger partial charge is 0.905 e. The van der Waals surface area contributed by atoms with Crippen LogP contribution in [0.4, 0.5) is 0 Å². The fraction of sp³-hybridized carbons (Fsp3) is 1.00. The van der Waals surface area contributed by atoms with E-state index in [4.69, 9.17) is 17.1 Å². The highest BCUT2D eigenvalue weighted by molar-refractivity contribution is 6.36. The molecular formula is C6H16AlNO3. The molecule has 0 aromatic carbocycles. The third-order valence-electron chi connectivity index (χ3n) is 1.24. The third kappa shape index (κ3) is 6.76. The lowest BCUT2D eigenvalue weighted by Gasteiger charge is -2.06. The van der Waals surface area contributed by atoms with E-state index in [9.17, 15) is 0 Å². The minimum atomic E-state index is -1.78. The summed E-state index contributed by atoms with van der Waals surface area (Å²) in [6.45, 7) is 1.41. The zero-order chi connectivity index (χ0) is 8.53. The van der Waals surface area contributed by atoms with Gasteiger partial charge in [-0.15, -0.1) is 0 Å². The first-order valence-electron chi connectivity index (χ1n) is 3.72. The van der Waals surface area contributed by atoms with Crippen LogP contribution in [0.5, 0.6) is 0 Å². The molecular weight excluding hydrogens is 161 g/mol.